The first-order valence-corrected chi connectivity index (χ1v) is 8.66. The van der Waals surface area contributed by atoms with Gasteiger partial charge in [0.05, 0.1) is 22.5 Å². The number of carbonyl (C=O) groups is 2. The third kappa shape index (κ3) is 5.37. The van der Waals surface area contributed by atoms with Crippen molar-refractivity contribution < 1.29 is 32.0 Å². The predicted octanol–water partition coefficient (Wildman–Crippen LogP) is 4.54. The van der Waals surface area contributed by atoms with Crippen LogP contribution in [0.4, 0.5) is 30.4 Å². The molecule has 1 heterocycles. The number of aryl methyl sites for hydroxylation is 1. The Balaban J connectivity index is 1.67. The van der Waals surface area contributed by atoms with Crippen LogP contribution in [-0.2, 0) is 15.7 Å². The van der Waals surface area contributed by atoms with E-state index in [0.29, 0.717) is 5.69 Å². The summed E-state index contributed by atoms with van der Waals surface area (Å²) in [6, 6.07) is 12.1. The number of nitrogens with zero attached hydrogens (tertiary/aromatic N) is 1. The van der Waals surface area contributed by atoms with Gasteiger partial charge in [-0.1, -0.05) is 23.4 Å². The lowest BCUT2D eigenvalue weighted by atomic mass is 10.1. The van der Waals surface area contributed by atoms with Crippen molar-refractivity contribution in [3.05, 3.63) is 71.4 Å². The fraction of sp³-hybridized carbons (Fsp3) is 0.150. The van der Waals surface area contributed by atoms with Crippen LogP contribution < -0.4 is 10.6 Å². The number of benzene rings is 2. The summed E-state index contributed by atoms with van der Waals surface area (Å²) < 4.78 is 48.5. The largest absolute Gasteiger partial charge is 0.452 e. The van der Waals surface area contributed by atoms with E-state index in [1.165, 1.54) is 30.3 Å². The van der Waals surface area contributed by atoms with Crippen molar-refractivity contribution in [3.8, 4) is 0 Å². The monoisotopic (exact) mass is 419 g/mol. The van der Waals surface area contributed by atoms with Crippen LogP contribution in [0.1, 0.15) is 21.6 Å². The van der Waals surface area contributed by atoms with Gasteiger partial charge in [0.15, 0.2) is 6.61 Å². The van der Waals surface area contributed by atoms with Crippen molar-refractivity contribution in [3.63, 3.8) is 0 Å². The highest BCUT2D eigenvalue weighted by Gasteiger charge is 2.30. The number of aromatic nitrogens is 1. The Labute approximate surface area is 168 Å². The molecule has 0 aliphatic heterocycles. The minimum absolute atomic E-state index is 0.0539. The SMILES string of the molecule is Cc1cc(NC(=O)COC(=O)c2ccccc2Nc2cccc(C(F)(F)F)c2)on1. The maximum Gasteiger partial charge on any atom is 0.416 e. The van der Waals surface area contributed by atoms with E-state index in [1.54, 1.807) is 19.1 Å². The molecule has 0 unspecified atom stereocenters. The number of para-hydroxylation sites is 1. The highest BCUT2D eigenvalue weighted by Crippen LogP contribution is 2.32. The minimum atomic E-state index is -4.49. The van der Waals surface area contributed by atoms with E-state index in [1.807, 2.05) is 0 Å². The highest BCUT2D eigenvalue weighted by molar-refractivity contribution is 5.98. The molecule has 1 aromatic heterocycles. The van der Waals surface area contributed by atoms with Crippen LogP contribution in [0.15, 0.2) is 59.1 Å². The normalized spacial score (nSPS) is 11.1. The molecule has 10 heteroatoms. The zero-order valence-corrected chi connectivity index (χ0v) is 15.6. The maximum atomic E-state index is 12.9. The fourth-order valence-corrected chi connectivity index (χ4v) is 2.50. The Kier molecular flexibility index (Phi) is 6.05. The van der Waals surface area contributed by atoms with E-state index >= 15 is 0 Å². The molecule has 0 bridgehead atoms. The summed E-state index contributed by atoms with van der Waals surface area (Å²) in [7, 11) is 0. The van der Waals surface area contributed by atoms with Gasteiger partial charge in [-0.25, -0.2) is 4.79 Å². The lowest BCUT2D eigenvalue weighted by Gasteiger charge is -2.13. The van der Waals surface area contributed by atoms with Crippen LogP contribution in [0, 0.1) is 6.92 Å². The molecule has 30 heavy (non-hydrogen) atoms. The minimum Gasteiger partial charge on any atom is -0.452 e. The molecule has 0 aliphatic rings. The number of nitrogens with one attached hydrogen (secondary N) is 2. The average molecular weight is 419 g/mol. The number of rotatable bonds is 6. The number of carbonyl (C=O) groups excluding carboxylic acids is 2. The van der Waals surface area contributed by atoms with Crippen LogP contribution in [0.3, 0.4) is 0 Å². The molecule has 156 valence electrons. The van der Waals surface area contributed by atoms with E-state index in [-0.39, 0.29) is 22.8 Å². The number of esters is 1. The summed E-state index contributed by atoms with van der Waals surface area (Å²) in [4.78, 5) is 24.3. The van der Waals surface area contributed by atoms with Crippen molar-refractivity contribution in [2.45, 2.75) is 13.1 Å². The Bertz CT molecular complexity index is 1060. The van der Waals surface area contributed by atoms with Crippen molar-refractivity contribution in [2.24, 2.45) is 0 Å². The van der Waals surface area contributed by atoms with E-state index in [9.17, 15) is 22.8 Å². The number of halogens is 3. The van der Waals surface area contributed by atoms with Crippen LogP contribution in [0.25, 0.3) is 0 Å². The molecule has 0 fully saturated rings. The van der Waals surface area contributed by atoms with Gasteiger partial charge in [0.2, 0.25) is 5.88 Å². The summed E-state index contributed by atoms with van der Waals surface area (Å²) in [6.07, 6.45) is -4.49. The third-order valence-corrected chi connectivity index (χ3v) is 3.84. The van der Waals surface area contributed by atoms with Crippen LogP contribution in [-0.4, -0.2) is 23.6 Å². The number of ether oxygens (including phenoxy) is 1. The molecule has 1 amide bonds. The van der Waals surface area contributed by atoms with E-state index in [0.717, 1.165) is 12.1 Å². The topological polar surface area (TPSA) is 93.5 Å². The smallest absolute Gasteiger partial charge is 0.416 e. The molecule has 0 saturated heterocycles. The molecular weight excluding hydrogens is 403 g/mol. The summed E-state index contributed by atoms with van der Waals surface area (Å²) in [6.45, 7) is 1.09. The Morgan fingerprint density at radius 3 is 2.57 bits per heavy atom. The fourth-order valence-electron chi connectivity index (χ4n) is 2.50. The van der Waals surface area contributed by atoms with Crippen molar-refractivity contribution in [1.82, 2.24) is 5.16 Å². The third-order valence-electron chi connectivity index (χ3n) is 3.84. The second-order valence-electron chi connectivity index (χ2n) is 6.21. The van der Waals surface area contributed by atoms with Crippen molar-refractivity contribution in [2.75, 3.05) is 17.2 Å². The average Bonchev–Trinajstić information content (AvgIpc) is 3.10. The zero-order chi connectivity index (χ0) is 21.7. The summed E-state index contributed by atoms with van der Waals surface area (Å²) in [5.74, 6) is -1.35. The first-order chi connectivity index (χ1) is 14.2. The summed E-state index contributed by atoms with van der Waals surface area (Å²) in [5.41, 5.74) is 0.165. The molecule has 0 atom stereocenters. The molecular formula is C20H16F3N3O4. The summed E-state index contributed by atoms with van der Waals surface area (Å²) >= 11 is 0. The molecule has 0 aliphatic carbocycles. The molecule has 7 nitrogen and oxygen atoms in total. The van der Waals surface area contributed by atoms with Gasteiger partial charge in [-0.15, -0.1) is 0 Å². The van der Waals surface area contributed by atoms with Gasteiger partial charge in [0.25, 0.3) is 5.91 Å². The Morgan fingerprint density at radius 2 is 1.87 bits per heavy atom. The van der Waals surface area contributed by atoms with Gasteiger partial charge >= 0.3 is 12.1 Å². The standard InChI is InChI=1S/C20H16F3N3O4/c1-12-9-18(30-26-12)25-17(27)11-29-19(28)15-7-2-3-8-16(15)24-14-6-4-5-13(10-14)20(21,22)23/h2-10,24H,11H2,1H3,(H,25,27). The van der Waals surface area contributed by atoms with E-state index < -0.39 is 30.2 Å². The zero-order valence-electron chi connectivity index (χ0n) is 15.6. The first-order valence-electron chi connectivity index (χ1n) is 8.66. The van der Waals surface area contributed by atoms with Gasteiger partial charge < -0.3 is 14.6 Å². The molecule has 2 N–H and O–H groups in total. The number of hydrogen-bond acceptors (Lipinski definition) is 6. The first kappa shape index (κ1) is 20.9. The Hall–Kier alpha value is -3.82. The lowest BCUT2D eigenvalue weighted by Crippen LogP contribution is -2.21. The van der Waals surface area contributed by atoms with Gasteiger partial charge in [0, 0.05) is 11.8 Å². The molecule has 0 spiro atoms. The van der Waals surface area contributed by atoms with Gasteiger partial charge in [-0.2, -0.15) is 13.2 Å². The lowest BCUT2D eigenvalue weighted by molar-refractivity contribution is -0.137. The van der Waals surface area contributed by atoms with Crippen molar-refractivity contribution >= 4 is 29.1 Å². The van der Waals surface area contributed by atoms with Crippen LogP contribution in [0.2, 0.25) is 0 Å². The van der Waals surface area contributed by atoms with Crippen LogP contribution in [0.5, 0.6) is 0 Å². The molecule has 2 aromatic carbocycles. The van der Waals surface area contributed by atoms with E-state index in [2.05, 4.69) is 15.8 Å². The second kappa shape index (κ2) is 8.68. The molecule has 0 radical (unpaired) electrons. The summed E-state index contributed by atoms with van der Waals surface area (Å²) in [5, 5.41) is 8.76. The molecule has 3 rings (SSSR count). The van der Waals surface area contributed by atoms with Crippen LogP contribution >= 0.6 is 0 Å². The highest BCUT2D eigenvalue weighted by atomic mass is 19.4. The van der Waals surface area contributed by atoms with Crippen molar-refractivity contribution in [1.29, 1.82) is 0 Å². The number of anilines is 3. The van der Waals surface area contributed by atoms with E-state index in [4.69, 9.17) is 9.26 Å². The molecule has 0 saturated carbocycles. The second-order valence-corrected chi connectivity index (χ2v) is 6.21. The predicted molar refractivity (Wildman–Crippen MR) is 101 cm³/mol. The van der Waals surface area contributed by atoms with Gasteiger partial charge in [-0.3, -0.25) is 10.1 Å². The molecule has 3 aromatic rings. The maximum absolute atomic E-state index is 12.9. The quantitative estimate of drug-likeness (QED) is 0.570. The van der Waals surface area contributed by atoms with Gasteiger partial charge in [0.1, 0.15) is 0 Å². The number of hydrogen-bond donors (Lipinski definition) is 2. The number of amides is 1. The Morgan fingerprint density at radius 1 is 1.10 bits per heavy atom. The number of alkyl halides is 3. The van der Waals surface area contributed by atoms with Gasteiger partial charge in [-0.05, 0) is 37.3 Å².